The smallest absolute Gasteiger partial charge is 0.254 e. The van der Waals surface area contributed by atoms with E-state index < -0.39 is 6.17 Å². The summed E-state index contributed by atoms with van der Waals surface area (Å²) in [5.41, 5.74) is 7.88. The van der Waals surface area contributed by atoms with Crippen molar-refractivity contribution in [3.8, 4) is 11.6 Å². The number of carbonyl (C=O) groups excluding carboxylic acids is 1. The zero-order valence-corrected chi connectivity index (χ0v) is 14.8. The van der Waals surface area contributed by atoms with Gasteiger partial charge in [0.05, 0.1) is 6.54 Å². The van der Waals surface area contributed by atoms with Crippen LogP contribution in [0, 0.1) is 6.92 Å². The molecule has 0 unspecified atom stereocenters. The van der Waals surface area contributed by atoms with E-state index >= 15 is 0 Å². The lowest BCUT2D eigenvalue weighted by Gasteiger charge is -2.15. The SMILES string of the molecule is Cc1cc(CN)cc(Oc2cccc(C(=O)N3CC[C@@H](F)C3)c2)n1.Cl. The summed E-state index contributed by atoms with van der Waals surface area (Å²) in [6, 6.07) is 10.5. The molecule has 1 aromatic carbocycles. The minimum atomic E-state index is -0.931. The van der Waals surface area contributed by atoms with Crippen LogP contribution in [0.4, 0.5) is 4.39 Å². The van der Waals surface area contributed by atoms with Crippen molar-refractivity contribution in [2.24, 2.45) is 5.73 Å². The molecule has 134 valence electrons. The highest BCUT2D eigenvalue weighted by molar-refractivity contribution is 5.94. The van der Waals surface area contributed by atoms with Crippen LogP contribution in [0.2, 0.25) is 0 Å². The van der Waals surface area contributed by atoms with E-state index in [4.69, 9.17) is 10.5 Å². The number of pyridine rings is 1. The summed E-state index contributed by atoms with van der Waals surface area (Å²) >= 11 is 0. The van der Waals surface area contributed by atoms with E-state index in [1.54, 1.807) is 30.3 Å². The lowest BCUT2D eigenvalue weighted by Crippen LogP contribution is -2.28. The van der Waals surface area contributed by atoms with Gasteiger partial charge in [-0.2, -0.15) is 0 Å². The Morgan fingerprint density at radius 1 is 1.40 bits per heavy atom. The predicted molar refractivity (Wildman–Crippen MR) is 96.0 cm³/mol. The molecule has 1 aliphatic heterocycles. The minimum Gasteiger partial charge on any atom is -0.439 e. The molecule has 7 heteroatoms. The second-order valence-electron chi connectivity index (χ2n) is 5.93. The van der Waals surface area contributed by atoms with E-state index in [2.05, 4.69) is 4.98 Å². The summed E-state index contributed by atoms with van der Waals surface area (Å²) in [6.07, 6.45) is -0.531. The number of ether oxygens (including phenoxy) is 1. The monoisotopic (exact) mass is 365 g/mol. The first kappa shape index (κ1) is 19.1. The zero-order chi connectivity index (χ0) is 17.1. The zero-order valence-electron chi connectivity index (χ0n) is 13.9. The van der Waals surface area contributed by atoms with Crippen molar-refractivity contribution in [2.75, 3.05) is 13.1 Å². The standard InChI is InChI=1S/C18H20FN3O2.ClH/c1-12-7-13(10-20)8-17(21-12)24-16-4-2-3-14(9-16)18(23)22-6-5-15(19)11-22;/h2-4,7-9,15H,5-6,10-11,20H2,1H3;1H/t15-;/m1./s1. The summed E-state index contributed by atoms with van der Waals surface area (Å²) in [7, 11) is 0. The van der Waals surface area contributed by atoms with Crippen molar-refractivity contribution in [2.45, 2.75) is 26.1 Å². The fourth-order valence-electron chi connectivity index (χ4n) is 2.78. The molecule has 1 atom stereocenters. The van der Waals surface area contributed by atoms with Crippen LogP contribution in [-0.2, 0) is 6.54 Å². The van der Waals surface area contributed by atoms with E-state index in [1.807, 2.05) is 13.0 Å². The third-order valence-electron chi connectivity index (χ3n) is 3.95. The number of aromatic nitrogens is 1. The highest BCUT2D eigenvalue weighted by Crippen LogP contribution is 2.24. The van der Waals surface area contributed by atoms with Crippen LogP contribution >= 0.6 is 12.4 Å². The average molecular weight is 366 g/mol. The van der Waals surface area contributed by atoms with Crippen molar-refractivity contribution in [3.05, 3.63) is 53.2 Å². The highest BCUT2D eigenvalue weighted by Gasteiger charge is 2.26. The fraction of sp³-hybridized carbons (Fsp3) is 0.333. The second-order valence-corrected chi connectivity index (χ2v) is 5.93. The number of alkyl halides is 1. The first-order chi connectivity index (χ1) is 11.5. The number of nitrogens with two attached hydrogens (primary N) is 1. The number of hydrogen-bond donors (Lipinski definition) is 1. The van der Waals surface area contributed by atoms with Crippen LogP contribution in [0.1, 0.15) is 28.0 Å². The minimum absolute atomic E-state index is 0. The fourth-order valence-corrected chi connectivity index (χ4v) is 2.78. The van der Waals surface area contributed by atoms with Gasteiger partial charge < -0.3 is 15.4 Å². The molecule has 2 aromatic rings. The normalized spacial score (nSPS) is 16.4. The van der Waals surface area contributed by atoms with Crippen LogP contribution in [0.3, 0.4) is 0 Å². The van der Waals surface area contributed by atoms with Crippen LogP contribution in [0.5, 0.6) is 11.6 Å². The number of likely N-dealkylation sites (tertiary alicyclic amines) is 1. The van der Waals surface area contributed by atoms with Gasteiger partial charge in [0.15, 0.2) is 0 Å². The third-order valence-corrected chi connectivity index (χ3v) is 3.95. The number of carbonyl (C=O) groups is 1. The van der Waals surface area contributed by atoms with Crippen molar-refractivity contribution < 1.29 is 13.9 Å². The van der Waals surface area contributed by atoms with Gasteiger partial charge >= 0.3 is 0 Å². The number of halogens is 2. The number of rotatable bonds is 4. The van der Waals surface area contributed by atoms with Crippen LogP contribution in [-0.4, -0.2) is 35.1 Å². The molecule has 2 heterocycles. The van der Waals surface area contributed by atoms with Gasteiger partial charge in [0.1, 0.15) is 11.9 Å². The molecule has 0 spiro atoms. The van der Waals surface area contributed by atoms with E-state index in [-0.39, 0.29) is 24.9 Å². The number of hydrogen-bond acceptors (Lipinski definition) is 4. The quantitative estimate of drug-likeness (QED) is 0.903. The molecular formula is C18H21ClFN3O2. The Kier molecular flexibility index (Phi) is 6.33. The van der Waals surface area contributed by atoms with Gasteiger partial charge in [0.25, 0.3) is 5.91 Å². The molecule has 1 amide bonds. The van der Waals surface area contributed by atoms with Gasteiger partial charge in [-0.1, -0.05) is 6.07 Å². The Hall–Kier alpha value is -2.18. The third kappa shape index (κ3) is 4.67. The molecule has 0 radical (unpaired) electrons. The Morgan fingerprint density at radius 2 is 2.20 bits per heavy atom. The van der Waals surface area contributed by atoms with Gasteiger partial charge in [-0.15, -0.1) is 12.4 Å². The summed E-state index contributed by atoms with van der Waals surface area (Å²) in [6.45, 7) is 2.87. The predicted octanol–water partition coefficient (Wildman–Crippen LogP) is 3.25. The number of nitrogens with zero attached hydrogens (tertiary/aromatic N) is 2. The lowest BCUT2D eigenvalue weighted by atomic mass is 10.2. The summed E-state index contributed by atoms with van der Waals surface area (Å²) < 4.78 is 19.1. The Balaban J connectivity index is 0.00000225. The molecule has 3 rings (SSSR count). The van der Waals surface area contributed by atoms with E-state index in [1.165, 1.54) is 4.90 Å². The largest absolute Gasteiger partial charge is 0.439 e. The number of benzene rings is 1. The van der Waals surface area contributed by atoms with Crippen LogP contribution in [0.25, 0.3) is 0 Å². The molecule has 1 saturated heterocycles. The van der Waals surface area contributed by atoms with Gasteiger partial charge in [0.2, 0.25) is 5.88 Å². The Labute approximate surface area is 152 Å². The van der Waals surface area contributed by atoms with E-state index in [0.29, 0.717) is 36.7 Å². The van der Waals surface area contributed by atoms with Gasteiger partial charge in [-0.3, -0.25) is 4.79 Å². The highest BCUT2D eigenvalue weighted by atomic mass is 35.5. The maximum atomic E-state index is 13.3. The van der Waals surface area contributed by atoms with Crippen LogP contribution < -0.4 is 10.5 Å². The number of aryl methyl sites for hydroxylation is 1. The maximum Gasteiger partial charge on any atom is 0.254 e. The molecule has 5 nitrogen and oxygen atoms in total. The summed E-state index contributed by atoms with van der Waals surface area (Å²) in [5, 5.41) is 0. The summed E-state index contributed by atoms with van der Waals surface area (Å²) in [5.74, 6) is 0.767. The Bertz CT molecular complexity index is 757. The van der Waals surface area contributed by atoms with Crippen molar-refractivity contribution in [1.29, 1.82) is 0 Å². The van der Waals surface area contributed by atoms with Crippen LogP contribution in [0.15, 0.2) is 36.4 Å². The molecule has 0 aliphatic carbocycles. The van der Waals surface area contributed by atoms with Gasteiger partial charge in [0, 0.05) is 30.4 Å². The molecule has 0 bridgehead atoms. The first-order valence-corrected chi connectivity index (χ1v) is 7.94. The molecule has 1 fully saturated rings. The maximum absolute atomic E-state index is 13.3. The molecule has 0 saturated carbocycles. The topological polar surface area (TPSA) is 68.5 Å². The van der Waals surface area contributed by atoms with Crippen molar-refractivity contribution in [3.63, 3.8) is 0 Å². The summed E-state index contributed by atoms with van der Waals surface area (Å²) in [4.78, 5) is 18.3. The molecular weight excluding hydrogens is 345 g/mol. The Morgan fingerprint density at radius 3 is 2.88 bits per heavy atom. The van der Waals surface area contributed by atoms with Crippen molar-refractivity contribution in [1.82, 2.24) is 9.88 Å². The van der Waals surface area contributed by atoms with E-state index in [9.17, 15) is 9.18 Å². The lowest BCUT2D eigenvalue weighted by molar-refractivity contribution is 0.0782. The molecule has 1 aliphatic rings. The molecule has 2 N–H and O–H groups in total. The number of amides is 1. The second kappa shape index (κ2) is 8.27. The molecule has 25 heavy (non-hydrogen) atoms. The van der Waals surface area contributed by atoms with Gasteiger partial charge in [-0.25, -0.2) is 9.37 Å². The molecule has 1 aromatic heterocycles. The van der Waals surface area contributed by atoms with Crippen molar-refractivity contribution >= 4 is 18.3 Å². The van der Waals surface area contributed by atoms with Gasteiger partial charge in [-0.05, 0) is 43.2 Å². The first-order valence-electron chi connectivity index (χ1n) is 7.94. The average Bonchev–Trinajstić information content (AvgIpc) is 3.00. The van der Waals surface area contributed by atoms with E-state index in [0.717, 1.165) is 11.3 Å².